The van der Waals surface area contributed by atoms with E-state index in [0.717, 1.165) is 72.6 Å². The van der Waals surface area contributed by atoms with E-state index in [9.17, 15) is 0 Å². The van der Waals surface area contributed by atoms with Gasteiger partial charge in [-0.3, -0.25) is 19.4 Å². The molecule has 1 aliphatic rings. The fraction of sp³-hybridized carbons (Fsp3) is 0. The smallest absolute Gasteiger partial charge is 0.137 e. The van der Waals surface area contributed by atoms with Crippen LogP contribution in [0.25, 0.3) is 94.0 Å². The number of hydrogen-bond donors (Lipinski definition) is 0. The normalized spacial score (nSPS) is 12.0. The van der Waals surface area contributed by atoms with E-state index >= 15 is 0 Å². The van der Waals surface area contributed by atoms with Crippen LogP contribution < -0.4 is 4.90 Å². The van der Waals surface area contributed by atoms with Crippen LogP contribution in [0.4, 0.5) is 17.2 Å². The second-order valence-corrected chi connectivity index (χ2v) is 15.2. The number of fused-ring (bicyclic) bond motifs is 5. The third kappa shape index (κ3) is 5.42. The Kier molecular flexibility index (Phi) is 7.74. The van der Waals surface area contributed by atoms with Gasteiger partial charge in [-0.25, -0.2) is 9.97 Å². The molecule has 5 aromatic heterocycles. The van der Waals surface area contributed by atoms with Crippen molar-refractivity contribution in [2.45, 2.75) is 0 Å². The molecule has 0 radical (unpaired) electrons. The molecule has 0 aliphatic carbocycles. The number of aromatic nitrogens is 5. The van der Waals surface area contributed by atoms with Crippen molar-refractivity contribution >= 4 is 49.8 Å². The van der Waals surface area contributed by atoms with E-state index in [-0.39, 0.29) is 0 Å². The van der Waals surface area contributed by atoms with Crippen molar-refractivity contribution < 1.29 is 0 Å². The first-order chi connectivity index (χ1) is 29.8. The second-order valence-electron chi connectivity index (χ2n) is 15.2. The maximum atomic E-state index is 5.18. The molecular weight excluding hydrogens is 733 g/mol. The molecule has 12 rings (SSSR count). The van der Waals surface area contributed by atoms with E-state index in [1.807, 2.05) is 36.9 Å². The molecule has 0 fully saturated rings. The summed E-state index contributed by atoms with van der Waals surface area (Å²) >= 11 is 0. The Bertz CT molecular complexity index is 3380. The highest BCUT2D eigenvalue weighted by Crippen LogP contribution is 2.54. The molecule has 0 atom stereocenters. The van der Waals surface area contributed by atoms with Gasteiger partial charge in [-0.15, -0.1) is 0 Å². The molecule has 0 amide bonds. The highest BCUT2D eigenvalue weighted by molar-refractivity contribution is 6.21. The maximum absolute atomic E-state index is 5.18. The highest BCUT2D eigenvalue weighted by Gasteiger charge is 2.30. The van der Waals surface area contributed by atoms with Crippen LogP contribution in [0.5, 0.6) is 0 Å². The Hall–Kier alpha value is -8.22. The number of benzene rings is 6. The van der Waals surface area contributed by atoms with E-state index in [1.165, 1.54) is 38.6 Å². The van der Waals surface area contributed by atoms with Crippen molar-refractivity contribution in [3.63, 3.8) is 0 Å². The first-order valence-corrected chi connectivity index (χ1v) is 20.1. The minimum atomic E-state index is 0.833. The lowest BCUT2D eigenvalue weighted by Gasteiger charge is -2.33. The fourth-order valence-electron chi connectivity index (χ4n) is 9.00. The first kappa shape index (κ1) is 33.9. The molecule has 6 aromatic carbocycles. The predicted octanol–water partition coefficient (Wildman–Crippen LogP) is 13.6. The van der Waals surface area contributed by atoms with Gasteiger partial charge in [-0.2, -0.15) is 0 Å². The summed E-state index contributed by atoms with van der Waals surface area (Å²) in [5.41, 5.74) is 15.4. The molecule has 60 heavy (non-hydrogen) atoms. The molecule has 6 heterocycles. The highest BCUT2D eigenvalue weighted by atomic mass is 15.2. The number of nitrogens with zero attached hydrogens (tertiary/aromatic N) is 6. The average Bonchev–Trinajstić information content (AvgIpc) is 3.65. The van der Waals surface area contributed by atoms with Crippen molar-refractivity contribution in [3.8, 4) is 61.5 Å². The third-order valence-corrected chi connectivity index (χ3v) is 11.8. The van der Waals surface area contributed by atoms with Gasteiger partial charge >= 0.3 is 0 Å². The number of pyridine rings is 4. The summed E-state index contributed by atoms with van der Waals surface area (Å²) < 4.78 is 2.30. The third-order valence-electron chi connectivity index (χ3n) is 11.8. The predicted molar refractivity (Wildman–Crippen MR) is 245 cm³/mol. The molecule has 0 saturated heterocycles. The molecule has 0 N–H and O–H groups in total. The summed E-state index contributed by atoms with van der Waals surface area (Å²) in [6, 6.07) is 60.6. The van der Waals surface area contributed by atoms with E-state index in [2.05, 4.69) is 177 Å². The zero-order valence-electron chi connectivity index (χ0n) is 32.3. The molecule has 0 unspecified atom stereocenters. The van der Waals surface area contributed by atoms with Crippen LogP contribution >= 0.6 is 0 Å². The number of hydrogen-bond acceptors (Lipinski definition) is 5. The van der Waals surface area contributed by atoms with Crippen molar-refractivity contribution in [3.05, 3.63) is 207 Å². The van der Waals surface area contributed by atoms with Gasteiger partial charge in [0.05, 0.1) is 22.4 Å². The lowest BCUT2D eigenvalue weighted by Crippen LogP contribution is -2.16. The fourth-order valence-corrected chi connectivity index (χ4v) is 9.00. The second kappa shape index (κ2) is 13.7. The van der Waals surface area contributed by atoms with Crippen molar-refractivity contribution in [1.29, 1.82) is 0 Å². The maximum Gasteiger partial charge on any atom is 0.137 e. The largest absolute Gasteiger partial charge is 0.294 e. The Morgan fingerprint density at radius 2 is 0.950 bits per heavy atom. The number of anilines is 3. The molecule has 0 spiro atoms. The minimum Gasteiger partial charge on any atom is -0.294 e. The Morgan fingerprint density at radius 1 is 0.333 bits per heavy atom. The van der Waals surface area contributed by atoms with Crippen LogP contribution in [-0.2, 0) is 0 Å². The van der Waals surface area contributed by atoms with Crippen LogP contribution in [0.3, 0.4) is 0 Å². The van der Waals surface area contributed by atoms with Crippen molar-refractivity contribution in [2.24, 2.45) is 0 Å². The quantitative estimate of drug-likeness (QED) is 0.169. The van der Waals surface area contributed by atoms with Crippen LogP contribution in [0, 0.1) is 0 Å². The Morgan fingerprint density at radius 3 is 1.62 bits per heavy atom. The molecule has 11 aromatic rings. The van der Waals surface area contributed by atoms with Gasteiger partial charge in [-0.05, 0) is 99.9 Å². The monoisotopic (exact) mass is 766 g/mol. The molecular formula is C54H34N6. The molecule has 1 aliphatic heterocycles. The van der Waals surface area contributed by atoms with E-state index in [0.29, 0.717) is 0 Å². The van der Waals surface area contributed by atoms with Crippen LogP contribution in [0.2, 0.25) is 0 Å². The Balaban J connectivity index is 1.14. The van der Waals surface area contributed by atoms with Crippen LogP contribution in [0.15, 0.2) is 207 Å². The summed E-state index contributed by atoms with van der Waals surface area (Å²) in [7, 11) is 0. The number of rotatable bonds is 6. The van der Waals surface area contributed by atoms with Crippen molar-refractivity contribution in [1.82, 2.24) is 24.5 Å². The molecule has 280 valence electrons. The zero-order valence-corrected chi connectivity index (χ0v) is 32.3. The lowest BCUT2D eigenvalue weighted by atomic mass is 9.86. The van der Waals surface area contributed by atoms with Crippen LogP contribution in [0.1, 0.15) is 0 Å². The van der Waals surface area contributed by atoms with Crippen molar-refractivity contribution in [2.75, 3.05) is 4.90 Å². The standard InChI is InChI=1S/C54H34N6/c1-3-10-35(11-4-1)37-18-23-48-45(28-37)47-29-46-44-22-21-42(36-12-5-2-6-13-36)43-16-7-17-49(54(43)44)60(53-25-20-41(34-58-53)39-15-9-27-56-32-39)50(46)30-51(47)59(48)52-24-19-40(33-57-52)38-14-8-26-55-31-38/h1-34H. The summed E-state index contributed by atoms with van der Waals surface area (Å²) in [6.07, 6.45) is 11.2. The van der Waals surface area contributed by atoms with Gasteiger partial charge in [0.2, 0.25) is 0 Å². The minimum absolute atomic E-state index is 0.833. The van der Waals surface area contributed by atoms with Gasteiger partial charge in [0.1, 0.15) is 11.6 Å². The van der Waals surface area contributed by atoms with Gasteiger partial charge in [0.25, 0.3) is 0 Å². The van der Waals surface area contributed by atoms with Gasteiger partial charge in [-0.1, -0.05) is 103 Å². The summed E-state index contributed by atoms with van der Waals surface area (Å²) in [5.74, 6) is 1.67. The SMILES string of the molecule is c1ccc(-c2ccc3c(c2)c2cc4c(cc2n3-c2ccc(-c3cccnc3)cn2)N(c2ccc(-c3cccnc3)cn2)c2cccc3c(-c5ccccc5)ccc-4c23)cc1. The van der Waals surface area contributed by atoms with Gasteiger partial charge in [0.15, 0.2) is 0 Å². The lowest BCUT2D eigenvalue weighted by molar-refractivity contribution is 1.08. The summed E-state index contributed by atoms with van der Waals surface area (Å²) in [5, 5.41) is 4.71. The van der Waals surface area contributed by atoms with E-state index < -0.39 is 0 Å². The van der Waals surface area contributed by atoms with Gasteiger partial charge < -0.3 is 0 Å². The molecule has 0 bridgehead atoms. The van der Waals surface area contributed by atoms with Crippen LogP contribution in [-0.4, -0.2) is 24.5 Å². The first-order valence-electron chi connectivity index (χ1n) is 20.1. The zero-order chi connectivity index (χ0) is 39.6. The molecule has 6 heteroatoms. The summed E-state index contributed by atoms with van der Waals surface area (Å²) in [4.78, 5) is 21.3. The molecule has 6 nitrogen and oxygen atoms in total. The summed E-state index contributed by atoms with van der Waals surface area (Å²) in [6.45, 7) is 0. The Labute approximate surface area is 346 Å². The molecule has 0 saturated carbocycles. The van der Waals surface area contributed by atoms with E-state index in [1.54, 1.807) is 12.4 Å². The average molecular weight is 767 g/mol. The topological polar surface area (TPSA) is 59.7 Å². The van der Waals surface area contributed by atoms with Gasteiger partial charge in [0, 0.05) is 81.2 Å². The van der Waals surface area contributed by atoms with E-state index in [4.69, 9.17) is 9.97 Å².